The molecule has 1 amide bonds. The lowest BCUT2D eigenvalue weighted by atomic mass is 10.1. The third-order valence-corrected chi connectivity index (χ3v) is 6.05. The monoisotopic (exact) mass is 393 g/mol. The Bertz CT molecular complexity index is 872. The van der Waals surface area contributed by atoms with Crippen molar-refractivity contribution in [2.24, 2.45) is 0 Å². The number of rotatable bonds is 6. The molecule has 1 heterocycles. The first kappa shape index (κ1) is 18.8. The zero-order chi connectivity index (χ0) is 18.7. The second-order valence-corrected chi connectivity index (χ2v) is 9.59. The third-order valence-electron chi connectivity index (χ3n) is 4.49. The van der Waals surface area contributed by atoms with E-state index in [9.17, 15) is 13.2 Å². The van der Waals surface area contributed by atoms with Crippen molar-refractivity contribution in [3.05, 3.63) is 46.5 Å². The number of hydrogen-bond donors (Lipinski definition) is 1. The van der Waals surface area contributed by atoms with Gasteiger partial charge in [0.25, 0.3) is 5.91 Å². The van der Waals surface area contributed by atoms with E-state index in [0.717, 1.165) is 35.7 Å². The molecule has 1 aromatic heterocycles. The number of anilines is 1. The average molecular weight is 394 g/mol. The summed E-state index contributed by atoms with van der Waals surface area (Å²) in [5.41, 5.74) is 1.38. The molecule has 0 aliphatic heterocycles. The van der Waals surface area contributed by atoms with Gasteiger partial charge in [-0.25, -0.2) is 18.1 Å². The van der Waals surface area contributed by atoms with E-state index in [-0.39, 0.29) is 5.69 Å². The lowest BCUT2D eigenvalue weighted by molar-refractivity contribution is 0.0977. The Kier molecular flexibility index (Phi) is 5.62. The number of thiazole rings is 1. The average Bonchev–Trinajstić information content (AvgIpc) is 3.22. The molecule has 0 spiro atoms. The van der Waals surface area contributed by atoms with E-state index >= 15 is 0 Å². The molecular weight excluding hydrogens is 370 g/mol. The first-order valence-electron chi connectivity index (χ1n) is 8.63. The van der Waals surface area contributed by atoms with Gasteiger partial charge in [0.05, 0.1) is 6.26 Å². The Hall–Kier alpha value is -1.93. The van der Waals surface area contributed by atoms with Crippen LogP contribution in [0.2, 0.25) is 0 Å². The molecule has 0 unspecified atom stereocenters. The maximum atomic E-state index is 12.2. The van der Waals surface area contributed by atoms with Crippen LogP contribution >= 0.6 is 11.3 Å². The maximum absolute atomic E-state index is 12.2. The van der Waals surface area contributed by atoms with Crippen LogP contribution in [0.4, 0.5) is 5.13 Å². The highest BCUT2D eigenvalue weighted by Crippen LogP contribution is 2.33. The number of benzene rings is 1. The first-order chi connectivity index (χ1) is 12.3. The van der Waals surface area contributed by atoms with Crippen LogP contribution in [-0.4, -0.2) is 31.6 Å². The molecule has 3 rings (SSSR count). The van der Waals surface area contributed by atoms with Crippen molar-refractivity contribution >= 4 is 32.4 Å². The summed E-state index contributed by atoms with van der Waals surface area (Å²) < 4.78 is 24.7. The van der Waals surface area contributed by atoms with Gasteiger partial charge in [0, 0.05) is 17.5 Å². The van der Waals surface area contributed by atoms with Gasteiger partial charge in [-0.15, -0.1) is 11.3 Å². The van der Waals surface area contributed by atoms with Crippen molar-refractivity contribution in [2.45, 2.75) is 45.2 Å². The molecule has 1 aliphatic carbocycles. The molecule has 1 aromatic carbocycles. The van der Waals surface area contributed by atoms with Crippen LogP contribution < -0.4 is 9.62 Å². The van der Waals surface area contributed by atoms with Crippen LogP contribution in [0.3, 0.4) is 0 Å². The molecule has 26 heavy (non-hydrogen) atoms. The summed E-state index contributed by atoms with van der Waals surface area (Å²) in [5, 5.41) is 0.775. The van der Waals surface area contributed by atoms with Crippen LogP contribution in [0, 0.1) is 6.92 Å². The summed E-state index contributed by atoms with van der Waals surface area (Å²) in [4.78, 5) is 19.7. The number of carbonyl (C=O) groups is 1. The minimum atomic E-state index is -3.61. The van der Waals surface area contributed by atoms with E-state index in [1.807, 2.05) is 22.9 Å². The summed E-state index contributed by atoms with van der Waals surface area (Å²) in [6, 6.07) is 10.6. The molecular formula is C18H23N3O3S2. The molecule has 0 radical (unpaired) electrons. The molecule has 1 saturated carbocycles. The van der Waals surface area contributed by atoms with Gasteiger partial charge in [0.1, 0.15) is 5.69 Å². The molecule has 2 aromatic rings. The quantitative estimate of drug-likeness (QED) is 0.816. The fraction of sp³-hybridized carbons (Fsp3) is 0.444. The minimum Gasteiger partial charge on any atom is -0.341 e. The Morgan fingerprint density at radius 3 is 2.54 bits per heavy atom. The van der Waals surface area contributed by atoms with Gasteiger partial charge in [0.15, 0.2) is 5.13 Å². The second kappa shape index (κ2) is 7.75. The zero-order valence-electron chi connectivity index (χ0n) is 14.9. The van der Waals surface area contributed by atoms with E-state index in [4.69, 9.17) is 0 Å². The smallest absolute Gasteiger partial charge is 0.284 e. The summed E-state index contributed by atoms with van der Waals surface area (Å²) in [6.45, 7) is 2.53. The molecule has 8 heteroatoms. The van der Waals surface area contributed by atoms with E-state index in [1.54, 1.807) is 6.92 Å². The third kappa shape index (κ3) is 4.62. The lowest BCUT2D eigenvalue weighted by Gasteiger charge is -2.28. The van der Waals surface area contributed by atoms with Crippen LogP contribution in [0.1, 0.15) is 46.6 Å². The van der Waals surface area contributed by atoms with Crippen LogP contribution in [0.25, 0.3) is 0 Å². The van der Waals surface area contributed by atoms with Crippen molar-refractivity contribution in [1.82, 2.24) is 9.71 Å². The van der Waals surface area contributed by atoms with E-state index in [2.05, 4.69) is 22.0 Å². The van der Waals surface area contributed by atoms with Gasteiger partial charge in [-0.2, -0.15) is 0 Å². The fourth-order valence-electron chi connectivity index (χ4n) is 3.28. The van der Waals surface area contributed by atoms with Gasteiger partial charge in [-0.05, 0) is 25.3 Å². The summed E-state index contributed by atoms with van der Waals surface area (Å²) >= 11 is 1.44. The Balaban J connectivity index is 1.89. The van der Waals surface area contributed by atoms with Crippen LogP contribution in [-0.2, 0) is 16.6 Å². The number of nitrogens with one attached hydrogen (secondary N) is 1. The highest BCUT2D eigenvalue weighted by molar-refractivity contribution is 7.89. The van der Waals surface area contributed by atoms with Crippen molar-refractivity contribution in [3.8, 4) is 0 Å². The molecule has 0 saturated heterocycles. The maximum Gasteiger partial charge on any atom is 0.284 e. The van der Waals surface area contributed by atoms with Gasteiger partial charge in [-0.1, -0.05) is 43.2 Å². The lowest BCUT2D eigenvalue weighted by Crippen LogP contribution is -2.33. The number of carbonyl (C=O) groups excluding carboxylic acids is 1. The van der Waals surface area contributed by atoms with Crippen LogP contribution in [0.5, 0.6) is 0 Å². The Labute approximate surface area is 158 Å². The van der Waals surface area contributed by atoms with Crippen molar-refractivity contribution in [1.29, 1.82) is 0 Å². The van der Waals surface area contributed by atoms with Gasteiger partial charge in [-0.3, -0.25) is 4.79 Å². The molecule has 0 atom stereocenters. The topological polar surface area (TPSA) is 79.4 Å². The summed E-state index contributed by atoms with van der Waals surface area (Å²) in [5.74, 6) is -0.668. The normalized spacial score (nSPS) is 15.2. The second-order valence-electron chi connectivity index (χ2n) is 6.66. The SMILES string of the molecule is Cc1sc(N(Cc2ccccc2)C2CCCC2)nc1C(=O)NS(C)(=O)=O. The van der Waals surface area contributed by atoms with E-state index in [0.29, 0.717) is 6.04 Å². The zero-order valence-corrected chi connectivity index (χ0v) is 16.6. The van der Waals surface area contributed by atoms with Gasteiger partial charge < -0.3 is 4.90 Å². The standard InChI is InChI=1S/C18H23N3O3S2/c1-13-16(17(22)20-26(2,23)24)19-18(25-13)21(15-10-6-7-11-15)12-14-8-4-3-5-9-14/h3-5,8-9,15H,6-7,10-12H2,1-2H3,(H,20,22). The highest BCUT2D eigenvalue weighted by atomic mass is 32.2. The van der Waals surface area contributed by atoms with E-state index in [1.165, 1.54) is 29.7 Å². The van der Waals surface area contributed by atoms with Gasteiger partial charge in [0.2, 0.25) is 10.0 Å². The van der Waals surface area contributed by atoms with Crippen molar-refractivity contribution < 1.29 is 13.2 Å². The minimum absolute atomic E-state index is 0.187. The highest BCUT2D eigenvalue weighted by Gasteiger charge is 2.27. The fourth-order valence-corrected chi connectivity index (χ4v) is 4.69. The number of hydrogen-bond acceptors (Lipinski definition) is 6. The van der Waals surface area contributed by atoms with Crippen molar-refractivity contribution in [2.75, 3.05) is 11.2 Å². The number of nitrogens with zero attached hydrogens (tertiary/aromatic N) is 2. The molecule has 6 nitrogen and oxygen atoms in total. The first-order valence-corrected chi connectivity index (χ1v) is 11.3. The number of amides is 1. The number of aromatic nitrogens is 1. The van der Waals surface area contributed by atoms with Crippen molar-refractivity contribution in [3.63, 3.8) is 0 Å². The van der Waals surface area contributed by atoms with Gasteiger partial charge >= 0.3 is 0 Å². The predicted molar refractivity (Wildman–Crippen MR) is 104 cm³/mol. The molecule has 1 aliphatic rings. The Morgan fingerprint density at radius 1 is 1.27 bits per heavy atom. The Morgan fingerprint density at radius 2 is 1.92 bits per heavy atom. The molecule has 1 fully saturated rings. The summed E-state index contributed by atoms with van der Waals surface area (Å²) in [7, 11) is -3.61. The molecule has 1 N–H and O–H groups in total. The molecule has 140 valence electrons. The molecule has 0 bridgehead atoms. The number of aryl methyl sites for hydroxylation is 1. The van der Waals surface area contributed by atoms with E-state index < -0.39 is 15.9 Å². The number of sulfonamides is 1. The van der Waals surface area contributed by atoms with Crippen LogP contribution in [0.15, 0.2) is 30.3 Å². The largest absolute Gasteiger partial charge is 0.341 e. The summed E-state index contributed by atoms with van der Waals surface area (Å²) in [6.07, 6.45) is 5.57. The predicted octanol–water partition coefficient (Wildman–Crippen LogP) is 3.09.